The molecule has 1 heterocycles. The van der Waals surface area contributed by atoms with Crippen LogP contribution in [0.2, 0.25) is 0 Å². The Labute approximate surface area is 116 Å². The quantitative estimate of drug-likeness (QED) is 0.769. The van der Waals surface area contributed by atoms with Crippen molar-refractivity contribution in [3.05, 3.63) is 20.8 Å². The zero-order valence-electron chi connectivity index (χ0n) is 10.4. The standard InChI is InChI=1S/C13H20BrNOS/c1-9(2)10(5-6-15)3-4-13(16)11-7-17-8-12(11)14/h7-10H,3-6,15H2,1-2H3. The highest BCUT2D eigenvalue weighted by Crippen LogP contribution is 2.26. The molecule has 0 spiro atoms. The van der Waals surface area contributed by atoms with E-state index in [1.165, 1.54) is 0 Å². The van der Waals surface area contributed by atoms with E-state index >= 15 is 0 Å². The van der Waals surface area contributed by atoms with Gasteiger partial charge in [-0.1, -0.05) is 13.8 Å². The molecule has 0 aromatic carbocycles. The molecule has 2 nitrogen and oxygen atoms in total. The van der Waals surface area contributed by atoms with Crippen LogP contribution in [0.25, 0.3) is 0 Å². The third-order valence-corrected chi connectivity index (χ3v) is 4.84. The normalized spacial score (nSPS) is 13.0. The summed E-state index contributed by atoms with van der Waals surface area (Å²) in [5.74, 6) is 1.39. The minimum absolute atomic E-state index is 0.237. The fourth-order valence-corrected chi connectivity index (χ4v) is 3.48. The molecule has 0 saturated heterocycles. The van der Waals surface area contributed by atoms with Gasteiger partial charge in [0.1, 0.15) is 0 Å². The van der Waals surface area contributed by atoms with Crippen LogP contribution >= 0.6 is 27.3 Å². The summed E-state index contributed by atoms with van der Waals surface area (Å²) in [5.41, 5.74) is 6.43. The van der Waals surface area contributed by atoms with E-state index in [2.05, 4.69) is 29.8 Å². The van der Waals surface area contributed by atoms with E-state index in [1.54, 1.807) is 11.3 Å². The second-order valence-corrected chi connectivity index (χ2v) is 6.27. The number of carbonyl (C=O) groups excluding carboxylic acids is 1. The highest BCUT2D eigenvalue weighted by atomic mass is 79.9. The van der Waals surface area contributed by atoms with Crippen molar-refractivity contribution in [3.63, 3.8) is 0 Å². The number of carbonyl (C=O) groups is 1. The summed E-state index contributed by atoms with van der Waals surface area (Å²) in [4.78, 5) is 12.0. The van der Waals surface area contributed by atoms with E-state index in [4.69, 9.17) is 5.73 Å². The molecule has 96 valence electrons. The highest BCUT2D eigenvalue weighted by Gasteiger charge is 2.16. The molecule has 0 radical (unpaired) electrons. The molecule has 0 fully saturated rings. The lowest BCUT2D eigenvalue weighted by Gasteiger charge is -2.19. The first-order valence-electron chi connectivity index (χ1n) is 6.01. The van der Waals surface area contributed by atoms with Crippen LogP contribution in [0.1, 0.15) is 43.5 Å². The summed E-state index contributed by atoms with van der Waals surface area (Å²) in [6.07, 6.45) is 2.57. The molecular weight excluding hydrogens is 298 g/mol. The highest BCUT2D eigenvalue weighted by molar-refractivity contribution is 9.10. The van der Waals surface area contributed by atoms with Crippen LogP contribution in [0.3, 0.4) is 0 Å². The summed E-state index contributed by atoms with van der Waals surface area (Å²) in [6, 6.07) is 0. The van der Waals surface area contributed by atoms with Gasteiger partial charge in [-0.25, -0.2) is 0 Å². The van der Waals surface area contributed by atoms with Crippen molar-refractivity contribution in [2.45, 2.75) is 33.1 Å². The molecule has 2 N–H and O–H groups in total. The second kappa shape index (κ2) is 7.29. The van der Waals surface area contributed by atoms with E-state index in [0.29, 0.717) is 24.8 Å². The molecular formula is C13H20BrNOS. The van der Waals surface area contributed by atoms with Crippen LogP contribution in [0, 0.1) is 11.8 Å². The predicted molar refractivity (Wildman–Crippen MR) is 77.6 cm³/mol. The topological polar surface area (TPSA) is 43.1 Å². The van der Waals surface area contributed by atoms with E-state index in [-0.39, 0.29) is 5.78 Å². The summed E-state index contributed by atoms with van der Waals surface area (Å²) in [5, 5.41) is 3.87. The maximum absolute atomic E-state index is 12.0. The van der Waals surface area contributed by atoms with Gasteiger partial charge in [0.15, 0.2) is 5.78 Å². The molecule has 1 rings (SSSR count). The maximum Gasteiger partial charge on any atom is 0.164 e. The Morgan fingerprint density at radius 2 is 2.12 bits per heavy atom. The second-order valence-electron chi connectivity index (χ2n) is 4.68. The summed E-state index contributed by atoms with van der Waals surface area (Å²) < 4.78 is 0.924. The number of Topliss-reactive ketones (excluding diaryl/α,β-unsaturated/α-hetero) is 1. The van der Waals surface area contributed by atoms with Crippen molar-refractivity contribution in [1.29, 1.82) is 0 Å². The zero-order chi connectivity index (χ0) is 12.8. The van der Waals surface area contributed by atoms with Gasteiger partial charge in [-0.15, -0.1) is 0 Å². The van der Waals surface area contributed by atoms with Gasteiger partial charge in [0, 0.05) is 27.2 Å². The van der Waals surface area contributed by atoms with Crippen molar-refractivity contribution < 1.29 is 4.79 Å². The third-order valence-electron chi connectivity index (χ3n) is 3.14. The van der Waals surface area contributed by atoms with Gasteiger partial charge in [-0.2, -0.15) is 11.3 Å². The van der Waals surface area contributed by atoms with Gasteiger partial charge < -0.3 is 5.73 Å². The Bertz CT molecular complexity index is 362. The van der Waals surface area contributed by atoms with Crippen LogP contribution in [-0.4, -0.2) is 12.3 Å². The van der Waals surface area contributed by atoms with Crippen LogP contribution in [0.15, 0.2) is 15.2 Å². The molecule has 1 aromatic rings. The lowest BCUT2D eigenvalue weighted by atomic mass is 9.87. The van der Waals surface area contributed by atoms with Crippen molar-refractivity contribution in [2.24, 2.45) is 17.6 Å². The molecule has 0 bridgehead atoms. The maximum atomic E-state index is 12.0. The van der Waals surface area contributed by atoms with Crippen LogP contribution in [0.4, 0.5) is 0 Å². The largest absolute Gasteiger partial charge is 0.330 e. The van der Waals surface area contributed by atoms with Gasteiger partial charge in [0.2, 0.25) is 0 Å². The Hall–Kier alpha value is -0.190. The SMILES string of the molecule is CC(C)C(CCN)CCC(=O)c1cscc1Br. The third kappa shape index (κ3) is 4.53. The van der Waals surface area contributed by atoms with Crippen molar-refractivity contribution in [1.82, 2.24) is 0 Å². The number of halogens is 1. The Morgan fingerprint density at radius 1 is 1.41 bits per heavy atom. The number of nitrogens with two attached hydrogens (primary N) is 1. The fraction of sp³-hybridized carbons (Fsp3) is 0.615. The van der Waals surface area contributed by atoms with Crippen LogP contribution in [-0.2, 0) is 0 Å². The van der Waals surface area contributed by atoms with E-state index < -0.39 is 0 Å². The van der Waals surface area contributed by atoms with Crippen molar-refractivity contribution >= 4 is 33.0 Å². The molecule has 4 heteroatoms. The zero-order valence-corrected chi connectivity index (χ0v) is 12.8. The Kier molecular flexibility index (Phi) is 6.38. The number of hydrogen-bond acceptors (Lipinski definition) is 3. The van der Waals surface area contributed by atoms with Gasteiger partial charge in [0.05, 0.1) is 0 Å². The Morgan fingerprint density at radius 3 is 2.59 bits per heavy atom. The van der Waals surface area contributed by atoms with Crippen molar-refractivity contribution in [3.8, 4) is 0 Å². The first kappa shape index (κ1) is 14.9. The average molecular weight is 318 g/mol. The van der Waals surface area contributed by atoms with Gasteiger partial charge in [0.25, 0.3) is 0 Å². The summed E-state index contributed by atoms with van der Waals surface area (Å²) in [7, 11) is 0. The molecule has 1 aromatic heterocycles. The first-order chi connectivity index (χ1) is 8.06. The molecule has 0 saturated carbocycles. The van der Waals surface area contributed by atoms with Gasteiger partial charge in [-0.3, -0.25) is 4.79 Å². The Balaban J connectivity index is 2.49. The molecule has 0 aliphatic rings. The lowest BCUT2D eigenvalue weighted by molar-refractivity contribution is 0.0969. The fourth-order valence-electron chi connectivity index (χ4n) is 1.96. The molecule has 1 atom stereocenters. The van der Waals surface area contributed by atoms with Gasteiger partial charge >= 0.3 is 0 Å². The number of hydrogen-bond donors (Lipinski definition) is 1. The van der Waals surface area contributed by atoms with Crippen LogP contribution in [0.5, 0.6) is 0 Å². The minimum atomic E-state index is 0.237. The smallest absolute Gasteiger partial charge is 0.164 e. The molecule has 0 amide bonds. The van der Waals surface area contributed by atoms with Crippen LogP contribution < -0.4 is 5.73 Å². The molecule has 1 unspecified atom stereocenters. The van der Waals surface area contributed by atoms with E-state index in [1.807, 2.05) is 10.8 Å². The van der Waals surface area contributed by atoms with Gasteiger partial charge in [-0.05, 0) is 47.2 Å². The average Bonchev–Trinajstić information content (AvgIpc) is 2.69. The summed E-state index contributed by atoms with van der Waals surface area (Å²) in [6.45, 7) is 5.11. The molecule has 17 heavy (non-hydrogen) atoms. The first-order valence-corrected chi connectivity index (χ1v) is 7.74. The van der Waals surface area contributed by atoms with Crippen molar-refractivity contribution in [2.75, 3.05) is 6.54 Å². The predicted octanol–water partition coefficient (Wildman–Crippen LogP) is 4.09. The number of rotatable bonds is 7. The number of ketones is 1. The van der Waals surface area contributed by atoms with E-state index in [9.17, 15) is 4.79 Å². The molecule has 0 aliphatic carbocycles. The molecule has 0 aliphatic heterocycles. The van der Waals surface area contributed by atoms with E-state index in [0.717, 1.165) is 22.9 Å². The monoisotopic (exact) mass is 317 g/mol. The summed E-state index contributed by atoms with van der Waals surface area (Å²) >= 11 is 4.96. The lowest BCUT2D eigenvalue weighted by Crippen LogP contribution is -2.15. The minimum Gasteiger partial charge on any atom is -0.330 e. The number of thiophene rings is 1.